The lowest BCUT2D eigenvalue weighted by atomic mass is 9.41. The van der Waals surface area contributed by atoms with Crippen molar-refractivity contribution in [2.75, 3.05) is 0 Å². The van der Waals surface area contributed by atoms with E-state index in [1.54, 1.807) is 0 Å². The molecular weight excluding hydrogens is 436 g/mol. The Hall–Kier alpha value is -1.13. The largest absolute Gasteiger partial charge is 0.481 e. The van der Waals surface area contributed by atoms with Gasteiger partial charge in [-0.05, 0) is 90.8 Å². The van der Waals surface area contributed by atoms with Gasteiger partial charge in [-0.15, -0.1) is 0 Å². The van der Waals surface area contributed by atoms with E-state index >= 15 is 0 Å². The van der Waals surface area contributed by atoms with Crippen molar-refractivity contribution >= 4 is 5.97 Å². The van der Waals surface area contributed by atoms with E-state index in [2.05, 4.69) is 61.1 Å². The molecule has 0 amide bonds. The summed E-state index contributed by atoms with van der Waals surface area (Å²) in [5.74, 6) is -0.348. The van der Waals surface area contributed by atoms with Gasteiger partial charge in [0, 0.05) is 5.92 Å². The molecule has 3 saturated carbocycles. The predicted octanol–water partition coefficient (Wildman–Crippen LogP) is 6.62. The molecule has 9 atom stereocenters. The minimum absolute atomic E-state index is 0.110. The van der Waals surface area contributed by atoms with Crippen LogP contribution in [0.3, 0.4) is 0 Å². The molecule has 0 saturated heterocycles. The topological polar surface area (TPSA) is 77.8 Å². The molecule has 0 radical (unpaired) electrons. The van der Waals surface area contributed by atoms with Crippen molar-refractivity contribution in [2.45, 2.75) is 112 Å². The summed E-state index contributed by atoms with van der Waals surface area (Å²) < 4.78 is 0. The molecule has 0 heterocycles. The zero-order valence-electron chi connectivity index (χ0n) is 23.2. The zero-order valence-corrected chi connectivity index (χ0v) is 23.2. The lowest BCUT2D eigenvalue weighted by molar-refractivity contribution is -0.151. The average Bonchev–Trinajstić information content (AvgIpc) is 2.97. The highest BCUT2D eigenvalue weighted by atomic mass is 16.4. The van der Waals surface area contributed by atoms with Gasteiger partial charge in [-0.2, -0.15) is 0 Å². The van der Waals surface area contributed by atoms with E-state index in [0.717, 1.165) is 37.7 Å². The van der Waals surface area contributed by atoms with E-state index in [-0.39, 0.29) is 33.7 Å². The van der Waals surface area contributed by atoms with Crippen LogP contribution in [-0.2, 0) is 4.79 Å². The van der Waals surface area contributed by atoms with Gasteiger partial charge in [0.2, 0.25) is 0 Å². The molecule has 4 heteroatoms. The molecule has 4 aliphatic rings. The summed E-state index contributed by atoms with van der Waals surface area (Å²) in [6.45, 7) is 19.9. The number of carboxylic acids is 1. The van der Waals surface area contributed by atoms with Gasteiger partial charge < -0.3 is 15.3 Å². The van der Waals surface area contributed by atoms with Gasteiger partial charge in [0.15, 0.2) is 0 Å². The summed E-state index contributed by atoms with van der Waals surface area (Å²) in [7, 11) is 0. The number of aliphatic hydroxyl groups is 2. The molecule has 0 aromatic carbocycles. The second kappa shape index (κ2) is 8.72. The van der Waals surface area contributed by atoms with Crippen LogP contribution in [-0.4, -0.2) is 33.5 Å². The smallest absolute Gasteiger partial charge is 0.306 e. The number of aliphatic carboxylic acids is 1. The van der Waals surface area contributed by atoms with Crippen LogP contribution in [0.15, 0.2) is 23.8 Å². The molecule has 198 valence electrons. The van der Waals surface area contributed by atoms with E-state index in [1.165, 1.54) is 5.57 Å². The fraction of sp³-hybridized carbons (Fsp3) is 0.839. The minimum atomic E-state index is -0.772. The highest BCUT2D eigenvalue weighted by Crippen LogP contribution is 2.73. The number of hydrogen-bond acceptors (Lipinski definition) is 3. The Labute approximate surface area is 213 Å². The van der Waals surface area contributed by atoms with Crippen molar-refractivity contribution in [1.29, 1.82) is 0 Å². The SMILES string of the molecule is C=C(CCC(C(=O)O)[C@H]1[C@H](O)C[C@@]2(C)C3=CC[C@H]4C(C)(C)C(O)CC[C@]4(C)C3CC[C@]12C)C(C)C. The van der Waals surface area contributed by atoms with Crippen LogP contribution in [0.5, 0.6) is 0 Å². The molecule has 3 N–H and O–H groups in total. The average molecular weight is 487 g/mol. The van der Waals surface area contributed by atoms with Crippen molar-refractivity contribution in [1.82, 2.24) is 0 Å². The first-order valence-corrected chi connectivity index (χ1v) is 14.1. The van der Waals surface area contributed by atoms with E-state index in [9.17, 15) is 20.1 Å². The summed E-state index contributed by atoms with van der Waals surface area (Å²) in [5.41, 5.74) is 2.16. The van der Waals surface area contributed by atoms with Crippen molar-refractivity contribution < 1.29 is 20.1 Å². The maximum Gasteiger partial charge on any atom is 0.306 e. The quantitative estimate of drug-likeness (QED) is 0.369. The second-order valence-electron chi connectivity index (χ2n) is 14.3. The Kier molecular flexibility index (Phi) is 6.71. The molecule has 0 aromatic rings. The number of carbonyl (C=O) groups is 1. The first kappa shape index (κ1) is 26.9. The summed E-state index contributed by atoms with van der Waals surface area (Å²) in [6.07, 6.45) is 8.36. The molecular formula is C31H50O4. The third-order valence-electron chi connectivity index (χ3n) is 12.2. The van der Waals surface area contributed by atoms with Gasteiger partial charge in [0.25, 0.3) is 0 Å². The van der Waals surface area contributed by atoms with Gasteiger partial charge in [-0.3, -0.25) is 4.79 Å². The fourth-order valence-electron chi connectivity index (χ4n) is 9.61. The number of rotatable bonds is 6. The minimum Gasteiger partial charge on any atom is -0.481 e. The number of aliphatic hydroxyl groups excluding tert-OH is 2. The van der Waals surface area contributed by atoms with Gasteiger partial charge >= 0.3 is 5.97 Å². The van der Waals surface area contributed by atoms with Gasteiger partial charge in [0.05, 0.1) is 18.1 Å². The number of carboxylic acid groups (broad SMARTS) is 1. The summed E-state index contributed by atoms with van der Waals surface area (Å²) in [5, 5.41) is 32.6. The molecule has 4 aliphatic carbocycles. The van der Waals surface area contributed by atoms with Gasteiger partial charge in [0.1, 0.15) is 0 Å². The Morgan fingerprint density at radius 2 is 1.77 bits per heavy atom. The van der Waals surface area contributed by atoms with Crippen molar-refractivity contribution in [2.24, 2.45) is 51.2 Å². The molecule has 3 fully saturated rings. The van der Waals surface area contributed by atoms with Crippen LogP contribution in [0.25, 0.3) is 0 Å². The van der Waals surface area contributed by atoms with Crippen LogP contribution in [0.4, 0.5) is 0 Å². The lowest BCUT2D eigenvalue weighted by Gasteiger charge is -2.64. The Morgan fingerprint density at radius 1 is 1.11 bits per heavy atom. The molecule has 0 spiro atoms. The molecule has 3 unspecified atom stereocenters. The highest BCUT2D eigenvalue weighted by molar-refractivity contribution is 5.71. The first-order chi connectivity index (χ1) is 16.1. The maximum atomic E-state index is 12.6. The summed E-state index contributed by atoms with van der Waals surface area (Å²) >= 11 is 0. The highest BCUT2D eigenvalue weighted by Gasteiger charge is 2.68. The fourth-order valence-corrected chi connectivity index (χ4v) is 9.61. The second-order valence-corrected chi connectivity index (χ2v) is 14.3. The number of allylic oxidation sites excluding steroid dienone is 3. The van der Waals surface area contributed by atoms with Crippen LogP contribution >= 0.6 is 0 Å². The number of fused-ring (bicyclic) bond motifs is 5. The van der Waals surface area contributed by atoms with Gasteiger partial charge in [-0.1, -0.05) is 72.3 Å². The Bertz CT molecular complexity index is 902. The number of hydrogen-bond donors (Lipinski definition) is 3. The van der Waals surface area contributed by atoms with Crippen LogP contribution in [0.1, 0.15) is 99.8 Å². The van der Waals surface area contributed by atoms with Crippen LogP contribution in [0, 0.1) is 51.2 Å². The van der Waals surface area contributed by atoms with E-state index in [0.29, 0.717) is 37.0 Å². The molecule has 0 bridgehead atoms. The van der Waals surface area contributed by atoms with Crippen LogP contribution < -0.4 is 0 Å². The summed E-state index contributed by atoms with van der Waals surface area (Å²) in [4.78, 5) is 12.6. The molecule has 35 heavy (non-hydrogen) atoms. The normalized spacial score (nSPS) is 45.2. The van der Waals surface area contributed by atoms with Crippen molar-refractivity contribution in [3.05, 3.63) is 23.8 Å². The van der Waals surface area contributed by atoms with E-state index < -0.39 is 18.0 Å². The standard InChI is InChI=1S/C31H50O4/c1-18(2)19(3)9-10-20(27(34)35)26-23(32)17-31(8)22-11-12-24-28(4,5)25(33)14-15-29(24,6)21(22)13-16-30(26,31)7/h11,18,20-21,23-26,32-33H,3,9-10,12-17H2,1-2,4-8H3,(H,34,35)/t20?,21?,23-,24+,25?,26+,29-,30-,31+/m1/s1. The van der Waals surface area contributed by atoms with Crippen LogP contribution in [0.2, 0.25) is 0 Å². The third-order valence-corrected chi connectivity index (χ3v) is 12.2. The molecule has 0 aliphatic heterocycles. The summed E-state index contributed by atoms with van der Waals surface area (Å²) in [6, 6.07) is 0. The Balaban J connectivity index is 1.69. The van der Waals surface area contributed by atoms with Crippen molar-refractivity contribution in [3.8, 4) is 0 Å². The van der Waals surface area contributed by atoms with E-state index in [4.69, 9.17) is 0 Å². The Morgan fingerprint density at radius 3 is 2.37 bits per heavy atom. The van der Waals surface area contributed by atoms with Gasteiger partial charge in [-0.25, -0.2) is 0 Å². The molecule has 4 rings (SSSR count). The molecule has 4 nitrogen and oxygen atoms in total. The monoisotopic (exact) mass is 486 g/mol. The predicted molar refractivity (Wildman–Crippen MR) is 141 cm³/mol. The zero-order chi connectivity index (χ0) is 26.1. The molecule has 0 aromatic heterocycles. The lowest BCUT2D eigenvalue weighted by Crippen LogP contribution is -2.58. The van der Waals surface area contributed by atoms with E-state index in [1.807, 2.05) is 0 Å². The maximum absolute atomic E-state index is 12.6. The third kappa shape index (κ3) is 3.79. The van der Waals surface area contributed by atoms with Crippen molar-refractivity contribution in [3.63, 3.8) is 0 Å². The first-order valence-electron chi connectivity index (χ1n) is 14.1.